The van der Waals surface area contributed by atoms with Crippen molar-refractivity contribution >= 4 is 24.0 Å². The van der Waals surface area contributed by atoms with Gasteiger partial charge in [-0.15, -0.1) is 0 Å². The monoisotopic (exact) mass is 444 g/mol. The van der Waals surface area contributed by atoms with Gasteiger partial charge in [-0.25, -0.2) is 0 Å². The number of rotatable bonds is 10. The summed E-state index contributed by atoms with van der Waals surface area (Å²) in [5, 5.41) is 8.69. The highest BCUT2D eigenvalue weighted by Crippen LogP contribution is 2.28. The van der Waals surface area contributed by atoms with Gasteiger partial charge in [-0.1, -0.05) is 44.2 Å². The lowest BCUT2D eigenvalue weighted by molar-refractivity contribution is -0.142. The first kappa shape index (κ1) is 25.5. The van der Waals surface area contributed by atoms with Crippen LogP contribution >= 0.6 is 0 Å². The fourth-order valence-corrected chi connectivity index (χ4v) is 3.96. The van der Waals surface area contributed by atoms with Crippen molar-refractivity contribution in [2.24, 2.45) is 11.8 Å². The number of carbonyl (C=O) groups excluding carboxylic acids is 4. The molecule has 0 radical (unpaired) electrons. The predicted octanol–water partition coefficient (Wildman–Crippen LogP) is 1.42. The number of amides is 3. The summed E-state index contributed by atoms with van der Waals surface area (Å²) >= 11 is 0. The zero-order chi connectivity index (χ0) is 23.8. The fourth-order valence-electron chi connectivity index (χ4n) is 3.96. The highest BCUT2D eigenvalue weighted by molar-refractivity contribution is 5.93. The van der Waals surface area contributed by atoms with Gasteiger partial charge in [-0.3, -0.25) is 14.4 Å². The van der Waals surface area contributed by atoms with Gasteiger partial charge in [0.25, 0.3) is 0 Å². The van der Waals surface area contributed by atoms with Crippen molar-refractivity contribution in [2.45, 2.75) is 64.7 Å². The van der Waals surface area contributed by atoms with Crippen LogP contribution in [0.2, 0.25) is 0 Å². The van der Waals surface area contributed by atoms with E-state index in [1.54, 1.807) is 14.0 Å². The van der Waals surface area contributed by atoms with Gasteiger partial charge in [-0.05, 0) is 44.7 Å². The Morgan fingerprint density at radius 3 is 2.31 bits per heavy atom. The maximum Gasteiger partial charge on any atom is 0.246 e. The average Bonchev–Trinajstić information content (AvgIpc) is 3.21. The third-order valence-electron chi connectivity index (χ3n) is 6.12. The normalized spacial score (nSPS) is 21.0. The molecule has 176 valence electrons. The molecule has 1 aromatic rings. The number of hydrogen-bond donors (Lipinski definition) is 3. The molecule has 8 heteroatoms. The van der Waals surface area contributed by atoms with Crippen LogP contribution in [0.15, 0.2) is 30.3 Å². The van der Waals surface area contributed by atoms with Crippen LogP contribution in [-0.4, -0.2) is 60.6 Å². The maximum atomic E-state index is 13.5. The zero-order valence-electron chi connectivity index (χ0n) is 19.6. The Morgan fingerprint density at radius 1 is 1.09 bits per heavy atom. The van der Waals surface area contributed by atoms with Gasteiger partial charge in [0.15, 0.2) is 0 Å². The molecule has 0 spiro atoms. The average molecular weight is 445 g/mol. The smallest absolute Gasteiger partial charge is 0.246 e. The number of aldehydes is 1. The second-order valence-electron chi connectivity index (χ2n) is 8.89. The SMILES string of the molecule is CN[C@@H](C)C(=O)N[C@H](C(=O)N1C[C@@H](CC=O)C[C@H]1C(=O)N[C@H](C)c1ccccc1)C(C)C. The molecule has 5 atom stereocenters. The molecule has 3 amide bonds. The summed E-state index contributed by atoms with van der Waals surface area (Å²) < 4.78 is 0. The lowest BCUT2D eigenvalue weighted by Gasteiger charge is -2.31. The van der Waals surface area contributed by atoms with Crippen LogP contribution in [0.4, 0.5) is 0 Å². The van der Waals surface area contributed by atoms with Crippen molar-refractivity contribution < 1.29 is 19.2 Å². The van der Waals surface area contributed by atoms with Gasteiger partial charge in [0, 0.05) is 13.0 Å². The molecule has 0 saturated carbocycles. The van der Waals surface area contributed by atoms with Crippen molar-refractivity contribution in [2.75, 3.05) is 13.6 Å². The summed E-state index contributed by atoms with van der Waals surface area (Å²) in [6, 6.07) is 7.50. The minimum Gasteiger partial charge on any atom is -0.348 e. The van der Waals surface area contributed by atoms with Crippen molar-refractivity contribution in [3.63, 3.8) is 0 Å². The van der Waals surface area contributed by atoms with E-state index in [2.05, 4.69) is 16.0 Å². The Labute approximate surface area is 190 Å². The van der Waals surface area contributed by atoms with Crippen LogP contribution in [0.25, 0.3) is 0 Å². The maximum absolute atomic E-state index is 13.5. The first-order chi connectivity index (χ1) is 15.2. The Bertz CT molecular complexity index is 798. The number of nitrogens with one attached hydrogen (secondary N) is 3. The number of hydrogen-bond acceptors (Lipinski definition) is 5. The van der Waals surface area contributed by atoms with Gasteiger partial charge < -0.3 is 25.6 Å². The summed E-state index contributed by atoms with van der Waals surface area (Å²) in [6.45, 7) is 7.65. The van der Waals surface area contributed by atoms with Gasteiger partial charge in [-0.2, -0.15) is 0 Å². The van der Waals surface area contributed by atoms with E-state index in [9.17, 15) is 19.2 Å². The van der Waals surface area contributed by atoms with E-state index in [4.69, 9.17) is 0 Å². The van der Waals surface area contributed by atoms with Crippen LogP contribution in [0.3, 0.4) is 0 Å². The molecule has 1 aliphatic rings. The topological polar surface area (TPSA) is 108 Å². The highest BCUT2D eigenvalue weighted by Gasteiger charge is 2.42. The molecule has 1 aromatic carbocycles. The fraction of sp³-hybridized carbons (Fsp3) is 0.583. The summed E-state index contributed by atoms with van der Waals surface area (Å²) in [5.74, 6) is -1.06. The number of likely N-dealkylation sites (N-methyl/N-ethyl adjacent to an activating group) is 1. The summed E-state index contributed by atoms with van der Waals surface area (Å²) in [5.41, 5.74) is 0.967. The second-order valence-corrected chi connectivity index (χ2v) is 8.89. The van der Waals surface area contributed by atoms with E-state index >= 15 is 0 Å². The Morgan fingerprint density at radius 2 is 1.75 bits per heavy atom. The van der Waals surface area contributed by atoms with Crippen LogP contribution in [-0.2, 0) is 19.2 Å². The molecular formula is C24H36N4O4. The summed E-state index contributed by atoms with van der Waals surface area (Å²) in [6.07, 6.45) is 1.54. The minimum absolute atomic E-state index is 0.0843. The molecule has 0 aliphatic carbocycles. The van der Waals surface area contributed by atoms with Gasteiger partial charge in [0.1, 0.15) is 18.4 Å². The molecule has 32 heavy (non-hydrogen) atoms. The zero-order valence-corrected chi connectivity index (χ0v) is 19.6. The largest absolute Gasteiger partial charge is 0.348 e. The number of benzene rings is 1. The molecule has 3 N–H and O–H groups in total. The van der Waals surface area contributed by atoms with E-state index in [0.717, 1.165) is 11.8 Å². The van der Waals surface area contributed by atoms with E-state index in [1.165, 1.54) is 4.90 Å². The third-order valence-corrected chi connectivity index (χ3v) is 6.12. The number of likely N-dealkylation sites (tertiary alicyclic amines) is 1. The summed E-state index contributed by atoms with van der Waals surface area (Å²) in [7, 11) is 1.68. The molecule has 0 aromatic heterocycles. The molecule has 8 nitrogen and oxygen atoms in total. The molecule has 1 heterocycles. The van der Waals surface area contributed by atoms with E-state index < -0.39 is 18.1 Å². The molecule has 1 fully saturated rings. The lowest BCUT2D eigenvalue weighted by Crippen LogP contribution is -2.57. The molecule has 0 unspecified atom stereocenters. The molecule has 1 saturated heterocycles. The molecule has 2 rings (SSSR count). The molecule has 1 aliphatic heterocycles. The van der Waals surface area contributed by atoms with Crippen molar-refractivity contribution in [1.29, 1.82) is 0 Å². The highest BCUT2D eigenvalue weighted by atomic mass is 16.2. The lowest BCUT2D eigenvalue weighted by atomic mass is 10.0. The Kier molecular flexibility index (Phi) is 9.38. The first-order valence-corrected chi connectivity index (χ1v) is 11.3. The van der Waals surface area contributed by atoms with E-state index in [1.807, 2.05) is 51.1 Å². The predicted molar refractivity (Wildman–Crippen MR) is 123 cm³/mol. The van der Waals surface area contributed by atoms with Gasteiger partial charge in [0.2, 0.25) is 17.7 Å². The van der Waals surface area contributed by atoms with Gasteiger partial charge in [0.05, 0.1) is 12.1 Å². The van der Waals surface area contributed by atoms with E-state index in [0.29, 0.717) is 13.0 Å². The van der Waals surface area contributed by atoms with Crippen LogP contribution in [0.1, 0.15) is 52.1 Å². The van der Waals surface area contributed by atoms with E-state index in [-0.39, 0.29) is 42.0 Å². The van der Waals surface area contributed by atoms with Crippen LogP contribution in [0.5, 0.6) is 0 Å². The van der Waals surface area contributed by atoms with Gasteiger partial charge >= 0.3 is 0 Å². The van der Waals surface area contributed by atoms with Crippen LogP contribution < -0.4 is 16.0 Å². The number of nitrogens with zero attached hydrogens (tertiary/aromatic N) is 1. The van der Waals surface area contributed by atoms with Crippen LogP contribution in [0, 0.1) is 11.8 Å². The summed E-state index contributed by atoms with van der Waals surface area (Å²) in [4.78, 5) is 51.7. The second kappa shape index (κ2) is 11.8. The Balaban J connectivity index is 2.20. The minimum atomic E-state index is -0.755. The van der Waals surface area contributed by atoms with Crippen molar-refractivity contribution in [3.8, 4) is 0 Å². The molecule has 0 bridgehead atoms. The molecular weight excluding hydrogens is 408 g/mol. The third kappa shape index (κ3) is 6.38. The van der Waals surface area contributed by atoms with Crippen molar-refractivity contribution in [1.82, 2.24) is 20.9 Å². The first-order valence-electron chi connectivity index (χ1n) is 11.3. The quantitative estimate of drug-likeness (QED) is 0.473. The number of carbonyl (C=O) groups is 4. The standard InChI is InChI=1S/C24H36N4O4/c1-15(2)21(27-22(30)17(4)25-5)24(32)28-14-18(11-12-29)13-20(28)23(31)26-16(3)19-9-7-6-8-10-19/h6-10,12,15-18,20-21,25H,11,13-14H2,1-5H3,(H,26,31)(H,27,30)/t16-,17+,18+,20+,21+/m1/s1. The Hall–Kier alpha value is -2.74. The van der Waals surface area contributed by atoms with Crippen molar-refractivity contribution in [3.05, 3.63) is 35.9 Å².